The van der Waals surface area contributed by atoms with Crippen molar-refractivity contribution in [2.45, 2.75) is 26.4 Å². The van der Waals surface area contributed by atoms with Gasteiger partial charge in [0.15, 0.2) is 5.60 Å². The third-order valence-electron chi connectivity index (χ3n) is 3.49. The molecular formula is C19H19ClO. The van der Waals surface area contributed by atoms with Gasteiger partial charge in [0.1, 0.15) is 0 Å². The topological polar surface area (TPSA) is 20.2 Å². The molecule has 108 valence electrons. The number of hydrogen-bond donors (Lipinski definition) is 1. The molecule has 1 atom stereocenters. The van der Waals surface area contributed by atoms with Crippen molar-refractivity contribution in [3.63, 3.8) is 0 Å². The van der Waals surface area contributed by atoms with Crippen molar-refractivity contribution in [2.75, 3.05) is 0 Å². The highest BCUT2D eigenvalue weighted by Crippen LogP contribution is 2.38. The molecule has 1 N–H and O–H groups in total. The molecule has 0 heterocycles. The summed E-state index contributed by atoms with van der Waals surface area (Å²) in [6, 6.07) is 16.9. The minimum atomic E-state index is -1.23. The van der Waals surface area contributed by atoms with E-state index in [9.17, 15) is 5.11 Å². The number of rotatable bonds is 1. The summed E-state index contributed by atoms with van der Waals surface area (Å²) in [4.78, 5) is 0. The van der Waals surface area contributed by atoms with E-state index in [4.69, 9.17) is 11.6 Å². The molecule has 0 amide bonds. The number of benzene rings is 2. The van der Waals surface area contributed by atoms with Crippen molar-refractivity contribution in [3.8, 4) is 11.8 Å². The first-order chi connectivity index (χ1) is 9.83. The second-order valence-corrected chi connectivity index (χ2v) is 6.52. The van der Waals surface area contributed by atoms with Crippen molar-refractivity contribution in [1.82, 2.24) is 0 Å². The molecule has 0 saturated heterocycles. The summed E-state index contributed by atoms with van der Waals surface area (Å²) in [5.74, 6) is 6.09. The molecule has 0 aliphatic rings. The highest BCUT2D eigenvalue weighted by atomic mass is 35.5. The fourth-order valence-electron chi connectivity index (χ4n) is 2.10. The second kappa shape index (κ2) is 5.93. The molecule has 0 fully saturated rings. The number of hydrogen-bond acceptors (Lipinski definition) is 1. The fourth-order valence-corrected chi connectivity index (χ4v) is 2.29. The monoisotopic (exact) mass is 298 g/mol. The van der Waals surface area contributed by atoms with Crippen LogP contribution in [-0.4, -0.2) is 5.11 Å². The molecule has 1 unspecified atom stereocenters. The molecule has 0 saturated carbocycles. The lowest BCUT2D eigenvalue weighted by atomic mass is 9.72. The van der Waals surface area contributed by atoms with Gasteiger partial charge in [0.2, 0.25) is 0 Å². The molecule has 0 aliphatic carbocycles. The van der Waals surface area contributed by atoms with Crippen molar-refractivity contribution in [1.29, 1.82) is 0 Å². The maximum atomic E-state index is 11.1. The summed E-state index contributed by atoms with van der Waals surface area (Å²) in [5.41, 5.74) is -0.0515. The van der Waals surface area contributed by atoms with Crippen molar-refractivity contribution >= 4 is 11.6 Å². The molecule has 0 spiro atoms. The van der Waals surface area contributed by atoms with Gasteiger partial charge >= 0.3 is 0 Å². The van der Waals surface area contributed by atoms with Gasteiger partial charge in [0.25, 0.3) is 0 Å². The van der Waals surface area contributed by atoms with E-state index >= 15 is 0 Å². The summed E-state index contributed by atoms with van der Waals surface area (Å²) < 4.78 is 0. The van der Waals surface area contributed by atoms with Gasteiger partial charge < -0.3 is 5.11 Å². The minimum absolute atomic E-state index is 0.417. The fraction of sp³-hybridized carbons (Fsp3) is 0.263. The van der Waals surface area contributed by atoms with Crippen molar-refractivity contribution in [3.05, 3.63) is 70.7 Å². The second-order valence-electron chi connectivity index (χ2n) is 6.09. The standard InChI is InChI=1S/C19H19ClO/c1-18(2,3)19(21,16-9-5-4-6-10-16)13-12-15-8-7-11-17(20)14-15/h4-11,14,21H,1-3H3. The molecule has 1 nitrogen and oxygen atoms in total. The summed E-state index contributed by atoms with van der Waals surface area (Å²) >= 11 is 5.97. The number of halogens is 1. The Kier molecular flexibility index (Phi) is 4.42. The van der Waals surface area contributed by atoms with Crippen molar-refractivity contribution in [2.24, 2.45) is 5.41 Å². The van der Waals surface area contributed by atoms with E-state index in [1.165, 1.54) is 0 Å². The van der Waals surface area contributed by atoms with Crippen LogP contribution in [0.4, 0.5) is 0 Å². The third kappa shape index (κ3) is 3.47. The Balaban J connectivity index is 2.49. The molecule has 2 aromatic rings. The van der Waals surface area contributed by atoms with E-state index in [0.29, 0.717) is 5.02 Å². The molecular weight excluding hydrogens is 280 g/mol. The van der Waals surface area contributed by atoms with E-state index in [-0.39, 0.29) is 0 Å². The zero-order valence-electron chi connectivity index (χ0n) is 12.5. The first-order valence-corrected chi connectivity index (χ1v) is 7.27. The first kappa shape index (κ1) is 15.6. The Bertz CT molecular complexity index is 674. The summed E-state index contributed by atoms with van der Waals surface area (Å²) in [6.07, 6.45) is 0. The van der Waals surface area contributed by atoms with Crippen LogP contribution >= 0.6 is 11.6 Å². The van der Waals surface area contributed by atoms with Crippen LogP contribution in [0.15, 0.2) is 54.6 Å². The van der Waals surface area contributed by atoms with E-state index < -0.39 is 11.0 Å². The average Bonchev–Trinajstić information content (AvgIpc) is 2.44. The lowest BCUT2D eigenvalue weighted by Gasteiger charge is -2.36. The predicted molar refractivity (Wildman–Crippen MR) is 88.1 cm³/mol. The largest absolute Gasteiger partial charge is 0.373 e. The highest BCUT2D eigenvalue weighted by molar-refractivity contribution is 6.30. The van der Waals surface area contributed by atoms with Crippen LogP contribution in [0.3, 0.4) is 0 Å². The smallest absolute Gasteiger partial charge is 0.156 e. The molecule has 2 rings (SSSR count). The van der Waals surface area contributed by atoms with Gasteiger partial charge in [-0.1, -0.05) is 80.6 Å². The predicted octanol–water partition coefficient (Wildman–Crippen LogP) is 4.63. The van der Waals surface area contributed by atoms with Crippen LogP contribution in [-0.2, 0) is 5.60 Å². The molecule has 21 heavy (non-hydrogen) atoms. The Morgan fingerprint density at radius 1 is 0.952 bits per heavy atom. The lowest BCUT2D eigenvalue weighted by molar-refractivity contribution is -0.00900. The zero-order valence-corrected chi connectivity index (χ0v) is 13.3. The molecule has 0 radical (unpaired) electrons. The Morgan fingerprint density at radius 3 is 2.19 bits per heavy atom. The SMILES string of the molecule is CC(C)(C)C(O)(C#Cc1cccc(Cl)c1)c1ccccc1. The highest BCUT2D eigenvalue weighted by Gasteiger charge is 2.40. The summed E-state index contributed by atoms with van der Waals surface area (Å²) in [7, 11) is 0. The van der Waals surface area contributed by atoms with E-state index in [1.807, 2.05) is 63.2 Å². The van der Waals surface area contributed by atoms with Crippen LogP contribution in [0.25, 0.3) is 0 Å². The van der Waals surface area contributed by atoms with Gasteiger partial charge in [-0.15, -0.1) is 0 Å². The van der Waals surface area contributed by atoms with Crippen LogP contribution in [0.1, 0.15) is 31.9 Å². The first-order valence-electron chi connectivity index (χ1n) is 6.89. The van der Waals surface area contributed by atoms with Crippen molar-refractivity contribution < 1.29 is 5.11 Å². The number of aliphatic hydroxyl groups is 1. The summed E-state index contributed by atoms with van der Waals surface area (Å²) in [5, 5.41) is 11.8. The zero-order chi connectivity index (χ0) is 15.5. The van der Waals surface area contributed by atoms with Crippen LogP contribution in [0, 0.1) is 17.3 Å². The Labute approximate surface area is 131 Å². The van der Waals surface area contributed by atoms with Gasteiger partial charge in [-0.25, -0.2) is 0 Å². The van der Waals surface area contributed by atoms with Gasteiger partial charge in [0.05, 0.1) is 0 Å². The van der Waals surface area contributed by atoms with Crippen LogP contribution < -0.4 is 0 Å². The molecule has 0 aromatic heterocycles. The molecule has 2 aromatic carbocycles. The maximum absolute atomic E-state index is 11.1. The van der Waals surface area contributed by atoms with E-state index in [2.05, 4.69) is 11.8 Å². The Hall–Kier alpha value is -1.75. The average molecular weight is 299 g/mol. The van der Waals surface area contributed by atoms with Gasteiger partial charge in [-0.2, -0.15) is 0 Å². The molecule has 0 aliphatic heterocycles. The van der Waals surface area contributed by atoms with Crippen LogP contribution in [0.5, 0.6) is 0 Å². The van der Waals surface area contributed by atoms with E-state index in [0.717, 1.165) is 11.1 Å². The molecule has 2 heteroatoms. The minimum Gasteiger partial charge on any atom is -0.373 e. The van der Waals surface area contributed by atoms with Gasteiger partial charge in [-0.05, 0) is 23.8 Å². The summed E-state index contributed by atoms with van der Waals surface area (Å²) in [6.45, 7) is 5.94. The normalized spacial score (nSPS) is 14.0. The van der Waals surface area contributed by atoms with Gasteiger partial charge in [-0.3, -0.25) is 0 Å². The van der Waals surface area contributed by atoms with Gasteiger partial charge in [0, 0.05) is 16.0 Å². The Morgan fingerprint density at radius 2 is 1.62 bits per heavy atom. The maximum Gasteiger partial charge on any atom is 0.156 e. The van der Waals surface area contributed by atoms with E-state index in [1.54, 1.807) is 12.1 Å². The lowest BCUT2D eigenvalue weighted by Crippen LogP contribution is -2.38. The third-order valence-corrected chi connectivity index (χ3v) is 3.72. The molecule has 0 bridgehead atoms. The quantitative estimate of drug-likeness (QED) is 0.761. The van der Waals surface area contributed by atoms with Crippen LogP contribution in [0.2, 0.25) is 5.02 Å².